The number of nitrogens with one attached hydrogen (secondary N) is 1. The van der Waals surface area contributed by atoms with Gasteiger partial charge in [0.05, 0.1) is 17.7 Å². The van der Waals surface area contributed by atoms with Gasteiger partial charge in [-0.05, 0) is 30.4 Å². The summed E-state index contributed by atoms with van der Waals surface area (Å²) in [5, 5.41) is 3.12. The molecule has 1 heterocycles. The number of carbonyl (C=O) groups excluding carboxylic acids is 2. The van der Waals surface area contributed by atoms with Crippen LogP contribution in [0.2, 0.25) is 0 Å². The molecule has 0 aromatic heterocycles. The summed E-state index contributed by atoms with van der Waals surface area (Å²) in [7, 11) is 0. The summed E-state index contributed by atoms with van der Waals surface area (Å²) in [6.45, 7) is 0.147. The predicted molar refractivity (Wildman–Crippen MR) is 106 cm³/mol. The van der Waals surface area contributed by atoms with Crippen molar-refractivity contribution in [1.29, 1.82) is 0 Å². The molecule has 2 aromatic rings. The number of thioether (sulfide) groups is 1. The quantitative estimate of drug-likeness (QED) is 0.777. The normalized spacial score (nSPS) is 15.1. The van der Waals surface area contributed by atoms with Gasteiger partial charge in [-0.3, -0.25) is 9.59 Å². The van der Waals surface area contributed by atoms with E-state index in [9.17, 15) is 9.59 Å². The second-order valence-corrected chi connectivity index (χ2v) is 7.43. The molecule has 0 bridgehead atoms. The van der Waals surface area contributed by atoms with Crippen LogP contribution in [0.3, 0.4) is 0 Å². The van der Waals surface area contributed by atoms with Gasteiger partial charge >= 0.3 is 0 Å². The maximum atomic E-state index is 12.4. The first-order valence-electron chi connectivity index (χ1n) is 8.96. The monoisotopic (exact) mass is 368 g/mol. The number of carbonyl (C=O) groups is 2. The number of aryl methyl sites for hydroxylation is 1. The summed E-state index contributed by atoms with van der Waals surface area (Å²) in [6, 6.07) is 20.4. The first-order chi connectivity index (χ1) is 12.7. The van der Waals surface area contributed by atoms with Crippen LogP contribution in [0.25, 0.3) is 0 Å². The van der Waals surface area contributed by atoms with Crippen LogP contribution in [-0.4, -0.2) is 34.9 Å². The fraction of sp³-hybridized carbons (Fsp3) is 0.333. The second-order valence-electron chi connectivity index (χ2n) is 6.48. The molecule has 4 nitrogen and oxygen atoms in total. The van der Waals surface area contributed by atoms with Crippen molar-refractivity contribution in [2.75, 3.05) is 18.2 Å². The van der Waals surface area contributed by atoms with E-state index in [1.807, 2.05) is 36.4 Å². The Labute approximate surface area is 159 Å². The van der Waals surface area contributed by atoms with Crippen molar-refractivity contribution in [3.8, 4) is 0 Å². The van der Waals surface area contributed by atoms with Crippen molar-refractivity contribution in [2.24, 2.45) is 0 Å². The highest BCUT2D eigenvalue weighted by atomic mass is 32.2. The Bertz CT molecular complexity index is 721. The Morgan fingerprint density at radius 3 is 2.42 bits per heavy atom. The van der Waals surface area contributed by atoms with Gasteiger partial charge in [0.2, 0.25) is 11.8 Å². The molecule has 1 saturated heterocycles. The predicted octanol–water partition coefficient (Wildman–Crippen LogP) is 3.40. The Morgan fingerprint density at radius 1 is 1.08 bits per heavy atom. The molecule has 1 aliphatic heterocycles. The molecule has 1 unspecified atom stereocenters. The first-order valence-corrected chi connectivity index (χ1v) is 10.1. The van der Waals surface area contributed by atoms with Gasteiger partial charge in [-0.25, -0.2) is 0 Å². The van der Waals surface area contributed by atoms with Gasteiger partial charge in [0.25, 0.3) is 0 Å². The second kappa shape index (κ2) is 9.43. The zero-order chi connectivity index (χ0) is 18.2. The van der Waals surface area contributed by atoms with Crippen molar-refractivity contribution in [1.82, 2.24) is 10.2 Å². The van der Waals surface area contributed by atoms with Crippen LogP contribution in [0.1, 0.15) is 30.0 Å². The fourth-order valence-corrected chi connectivity index (χ4v) is 4.02. The number of amides is 2. The molecule has 1 fully saturated rings. The average molecular weight is 369 g/mol. The lowest BCUT2D eigenvalue weighted by atomic mass is 9.99. The third kappa shape index (κ3) is 5.36. The smallest absolute Gasteiger partial charge is 0.240 e. The largest absolute Gasteiger partial charge is 0.348 e. The van der Waals surface area contributed by atoms with E-state index in [4.69, 9.17) is 0 Å². The lowest BCUT2D eigenvalue weighted by Gasteiger charge is -2.21. The third-order valence-electron chi connectivity index (χ3n) is 4.50. The van der Waals surface area contributed by atoms with Gasteiger partial charge in [-0.15, -0.1) is 11.8 Å². The molecule has 2 amide bonds. The Hall–Kier alpha value is -2.27. The van der Waals surface area contributed by atoms with Crippen LogP contribution in [0.4, 0.5) is 0 Å². The molecule has 136 valence electrons. The summed E-state index contributed by atoms with van der Waals surface area (Å²) in [5.74, 6) is 1.04. The third-order valence-corrected chi connectivity index (χ3v) is 5.44. The molecule has 1 aliphatic rings. The van der Waals surface area contributed by atoms with Crippen LogP contribution < -0.4 is 5.32 Å². The number of hydrogen-bond acceptors (Lipinski definition) is 3. The van der Waals surface area contributed by atoms with E-state index in [-0.39, 0.29) is 24.4 Å². The highest BCUT2D eigenvalue weighted by Gasteiger charge is 2.24. The number of benzene rings is 2. The van der Waals surface area contributed by atoms with Crippen LogP contribution in [-0.2, 0) is 16.0 Å². The minimum atomic E-state index is -0.0885. The standard InChI is InChI=1S/C21H24N2O2S/c24-20(14-23-16-26-15-21(23)25)22-19(18-11-5-2-6-12-18)13-7-10-17-8-3-1-4-9-17/h1-6,8-9,11-12,19H,7,10,13-16H2,(H,22,24). The van der Waals surface area contributed by atoms with Gasteiger partial charge in [0, 0.05) is 0 Å². The molecule has 0 spiro atoms. The maximum absolute atomic E-state index is 12.4. The Balaban J connectivity index is 1.58. The van der Waals surface area contributed by atoms with E-state index in [2.05, 4.69) is 29.6 Å². The highest BCUT2D eigenvalue weighted by molar-refractivity contribution is 8.00. The summed E-state index contributed by atoms with van der Waals surface area (Å²) in [5.41, 5.74) is 2.42. The van der Waals surface area contributed by atoms with Crippen molar-refractivity contribution < 1.29 is 9.59 Å². The number of nitrogens with zero attached hydrogens (tertiary/aromatic N) is 1. The SMILES string of the molecule is O=C(CN1CSCC1=O)NC(CCCc1ccccc1)c1ccccc1. The van der Waals surface area contributed by atoms with Gasteiger partial charge in [-0.2, -0.15) is 0 Å². The molecule has 2 aromatic carbocycles. The summed E-state index contributed by atoms with van der Waals surface area (Å²) >= 11 is 1.56. The summed E-state index contributed by atoms with van der Waals surface area (Å²) in [6.07, 6.45) is 2.84. The van der Waals surface area contributed by atoms with Crippen molar-refractivity contribution >= 4 is 23.6 Å². The lowest BCUT2D eigenvalue weighted by molar-refractivity contribution is -0.132. The fourth-order valence-electron chi connectivity index (χ4n) is 3.12. The molecule has 3 rings (SSSR count). The van der Waals surface area contributed by atoms with Gasteiger partial charge < -0.3 is 10.2 Å². The zero-order valence-corrected chi connectivity index (χ0v) is 15.6. The molecule has 26 heavy (non-hydrogen) atoms. The summed E-state index contributed by atoms with van der Waals surface area (Å²) < 4.78 is 0. The van der Waals surface area contributed by atoms with Crippen molar-refractivity contribution in [3.05, 3.63) is 71.8 Å². The average Bonchev–Trinajstić information content (AvgIpc) is 3.07. The van der Waals surface area contributed by atoms with Crippen LogP contribution in [0.15, 0.2) is 60.7 Å². The van der Waals surface area contributed by atoms with E-state index in [0.29, 0.717) is 11.6 Å². The molecular weight excluding hydrogens is 344 g/mol. The van der Waals surface area contributed by atoms with Crippen LogP contribution in [0, 0.1) is 0 Å². The highest BCUT2D eigenvalue weighted by Crippen LogP contribution is 2.20. The summed E-state index contributed by atoms with van der Waals surface area (Å²) in [4.78, 5) is 25.8. The van der Waals surface area contributed by atoms with Gasteiger partial charge in [-0.1, -0.05) is 60.7 Å². The Kier molecular flexibility index (Phi) is 6.72. The van der Waals surface area contributed by atoms with Gasteiger partial charge in [0.15, 0.2) is 0 Å². The molecule has 1 N–H and O–H groups in total. The Morgan fingerprint density at radius 2 is 1.77 bits per heavy atom. The first kappa shape index (κ1) is 18.5. The van der Waals surface area contributed by atoms with E-state index < -0.39 is 0 Å². The molecular formula is C21H24N2O2S. The maximum Gasteiger partial charge on any atom is 0.240 e. The topological polar surface area (TPSA) is 49.4 Å². The molecule has 1 atom stereocenters. The minimum Gasteiger partial charge on any atom is -0.348 e. The van der Waals surface area contributed by atoms with E-state index in [1.165, 1.54) is 5.56 Å². The van der Waals surface area contributed by atoms with Gasteiger partial charge in [0.1, 0.15) is 6.54 Å². The van der Waals surface area contributed by atoms with Crippen molar-refractivity contribution in [3.63, 3.8) is 0 Å². The molecule has 0 aliphatic carbocycles. The van der Waals surface area contributed by atoms with Crippen molar-refractivity contribution in [2.45, 2.75) is 25.3 Å². The number of hydrogen-bond donors (Lipinski definition) is 1. The van der Waals surface area contributed by atoms with Crippen LogP contribution >= 0.6 is 11.8 Å². The molecule has 0 radical (unpaired) electrons. The number of rotatable bonds is 8. The minimum absolute atomic E-state index is 0.0298. The van der Waals surface area contributed by atoms with E-state index >= 15 is 0 Å². The van der Waals surface area contributed by atoms with E-state index in [0.717, 1.165) is 24.8 Å². The van der Waals surface area contributed by atoms with Crippen LogP contribution in [0.5, 0.6) is 0 Å². The lowest BCUT2D eigenvalue weighted by Crippen LogP contribution is -2.39. The van der Waals surface area contributed by atoms with E-state index in [1.54, 1.807) is 16.7 Å². The molecule has 0 saturated carbocycles. The molecule has 5 heteroatoms. The zero-order valence-electron chi connectivity index (χ0n) is 14.8.